The van der Waals surface area contributed by atoms with E-state index in [-0.39, 0.29) is 0 Å². The summed E-state index contributed by atoms with van der Waals surface area (Å²) in [5.41, 5.74) is 20.5. The molecule has 0 fully saturated rings. The van der Waals surface area contributed by atoms with Gasteiger partial charge in [0.2, 0.25) is 0 Å². The number of aromatic nitrogens is 3. The van der Waals surface area contributed by atoms with Crippen molar-refractivity contribution in [1.29, 1.82) is 0 Å². The number of rotatable bonds is 12. The van der Waals surface area contributed by atoms with E-state index < -0.39 is 0 Å². The first kappa shape index (κ1) is 39.6. The molecule has 0 N–H and O–H groups in total. The van der Waals surface area contributed by atoms with E-state index in [1.807, 2.05) is 55.0 Å². The molecule has 11 rings (SSSR count). The molecule has 310 valence electrons. The molecule has 0 saturated heterocycles. The lowest BCUT2D eigenvalue weighted by Crippen LogP contribution is -1.98. The van der Waals surface area contributed by atoms with Gasteiger partial charge in [-0.15, -0.1) is 0 Å². The molecule has 0 saturated carbocycles. The molecule has 4 heteroatoms. The summed E-state index contributed by atoms with van der Waals surface area (Å²) in [6, 6.07) is 73.7. The SMILES string of the molecule is c1ccc(-c2ccc(CCc3cc(CCc4ccc(-c5ccccn5)cc4)cc(-c4ccccc4-c4ccc(-c5cc(-c6ccc7oc8ccccc8c7c6)ccn5)cc4)c3)cc2)nc1. The Morgan fingerprint density at radius 2 is 0.754 bits per heavy atom. The predicted molar refractivity (Wildman–Crippen MR) is 267 cm³/mol. The van der Waals surface area contributed by atoms with Gasteiger partial charge in [-0.2, -0.15) is 0 Å². The lowest BCUT2D eigenvalue weighted by molar-refractivity contribution is 0.669. The quantitative estimate of drug-likeness (QED) is 0.123. The molecule has 7 aromatic carbocycles. The van der Waals surface area contributed by atoms with Crippen LogP contribution in [0.15, 0.2) is 229 Å². The van der Waals surface area contributed by atoms with Crippen LogP contribution in [0.2, 0.25) is 0 Å². The van der Waals surface area contributed by atoms with E-state index in [0.717, 1.165) is 92.5 Å². The first-order valence-electron chi connectivity index (χ1n) is 22.4. The molecule has 0 spiro atoms. The summed E-state index contributed by atoms with van der Waals surface area (Å²) in [6.07, 6.45) is 9.39. The van der Waals surface area contributed by atoms with E-state index in [1.54, 1.807) is 0 Å². The van der Waals surface area contributed by atoms with Crippen molar-refractivity contribution in [3.63, 3.8) is 0 Å². The van der Waals surface area contributed by atoms with E-state index in [0.29, 0.717) is 0 Å². The maximum Gasteiger partial charge on any atom is 0.135 e. The summed E-state index contributed by atoms with van der Waals surface area (Å²) < 4.78 is 6.10. The van der Waals surface area contributed by atoms with Gasteiger partial charge in [0.1, 0.15) is 11.2 Å². The van der Waals surface area contributed by atoms with Gasteiger partial charge in [-0.25, -0.2) is 0 Å². The lowest BCUT2D eigenvalue weighted by atomic mass is 9.90. The number of benzene rings is 7. The van der Waals surface area contributed by atoms with Gasteiger partial charge in [0.15, 0.2) is 0 Å². The molecule has 0 amide bonds. The molecule has 0 aliphatic rings. The molecule has 0 radical (unpaired) electrons. The third-order valence-corrected chi connectivity index (χ3v) is 12.5. The zero-order valence-electron chi connectivity index (χ0n) is 35.9. The molecule has 0 bridgehead atoms. The zero-order valence-corrected chi connectivity index (χ0v) is 35.9. The molecule has 11 aromatic rings. The van der Waals surface area contributed by atoms with Crippen LogP contribution in [0, 0.1) is 0 Å². The summed E-state index contributed by atoms with van der Waals surface area (Å²) in [4.78, 5) is 13.9. The third kappa shape index (κ3) is 8.63. The Bertz CT molecular complexity index is 3290. The molecule has 4 nitrogen and oxygen atoms in total. The number of para-hydroxylation sites is 1. The second kappa shape index (κ2) is 17.9. The largest absolute Gasteiger partial charge is 0.456 e. The average Bonchev–Trinajstić information content (AvgIpc) is 3.76. The van der Waals surface area contributed by atoms with Gasteiger partial charge in [0.05, 0.1) is 17.1 Å². The fourth-order valence-electron chi connectivity index (χ4n) is 9.02. The van der Waals surface area contributed by atoms with Gasteiger partial charge in [-0.05, 0) is 136 Å². The summed E-state index contributed by atoms with van der Waals surface area (Å²) in [5, 5.41) is 2.25. The number of pyridine rings is 3. The predicted octanol–water partition coefficient (Wildman–Crippen LogP) is 15.3. The third-order valence-electron chi connectivity index (χ3n) is 12.5. The van der Waals surface area contributed by atoms with Gasteiger partial charge in [-0.1, -0.05) is 152 Å². The van der Waals surface area contributed by atoms with Crippen molar-refractivity contribution < 1.29 is 4.42 Å². The van der Waals surface area contributed by atoms with E-state index in [1.165, 1.54) is 44.5 Å². The number of furan rings is 1. The van der Waals surface area contributed by atoms with Gasteiger partial charge in [0, 0.05) is 46.1 Å². The van der Waals surface area contributed by atoms with Gasteiger partial charge in [-0.3, -0.25) is 15.0 Å². The minimum Gasteiger partial charge on any atom is -0.456 e. The van der Waals surface area contributed by atoms with Crippen LogP contribution in [0.4, 0.5) is 0 Å². The molecule has 0 unspecified atom stereocenters. The van der Waals surface area contributed by atoms with E-state index in [2.05, 4.69) is 180 Å². The van der Waals surface area contributed by atoms with E-state index >= 15 is 0 Å². The van der Waals surface area contributed by atoms with Crippen molar-refractivity contribution in [2.45, 2.75) is 25.7 Å². The maximum absolute atomic E-state index is 6.10. The van der Waals surface area contributed by atoms with Crippen LogP contribution in [0.3, 0.4) is 0 Å². The first-order chi connectivity index (χ1) is 32.2. The summed E-state index contributed by atoms with van der Waals surface area (Å²) in [5.74, 6) is 0. The first-order valence-corrected chi connectivity index (χ1v) is 22.4. The monoisotopic (exact) mass is 835 g/mol. The van der Waals surface area contributed by atoms with Crippen molar-refractivity contribution in [2.24, 2.45) is 0 Å². The maximum atomic E-state index is 6.10. The second-order valence-electron chi connectivity index (χ2n) is 16.7. The highest BCUT2D eigenvalue weighted by Gasteiger charge is 2.13. The van der Waals surface area contributed by atoms with Crippen molar-refractivity contribution >= 4 is 21.9 Å². The Hall–Kier alpha value is -8.21. The zero-order chi connectivity index (χ0) is 43.4. The average molecular weight is 836 g/mol. The van der Waals surface area contributed by atoms with Crippen molar-refractivity contribution in [2.75, 3.05) is 0 Å². The van der Waals surface area contributed by atoms with Crippen LogP contribution < -0.4 is 0 Å². The highest BCUT2D eigenvalue weighted by Crippen LogP contribution is 2.37. The van der Waals surface area contributed by atoms with Crippen molar-refractivity contribution in [3.05, 3.63) is 247 Å². The smallest absolute Gasteiger partial charge is 0.135 e. The molecule has 4 heterocycles. The van der Waals surface area contributed by atoms with E-state index in [9.17, 15) is 0 Å². The summed E-state index contributed by atoms with van der Waals surface area (Å²) in [7, 11) is 0. The Morgan fingerprint density at radius 1 is 0.277 bits per heavy atom. The van der Waals surface area contributed by atoms with Gasteiger partial charge < -0.3 is 4.42 Å². The number of aryl methyl sites for hydroxylation is 4. The molecule has 65 heavy (non-hydrogen) atoms. The highest BCUT2D eigenvalue weighted by atomic mass is 16.3. The Kier molecular flexibility index (Phi) is 10.9. The van der Waals surface area contributed by atoms with Crippen molar-refractivity contribution in [1.82, 2.24) is 15.0 Å². The highest BCUT2D eigenvalue weighted by molar-refractivity contribution is 6.06. The molecule has 4 aromatic heterocycles. The normalized spacial score (nSPS) is 11.3. The standard InChI is InChI=1S/C61H45N3O/c1-2-10-54(53(9-1)46-27-29-49(30-28-46)59-41-51(33-36-64-59)50-31-32-61-56(40-50)55-11-3-4-14-60(55)65-61)52-38-44(17-15-42-19-23-47(24-20-42)57-12-5-7-34-62-57)37-45(39-52)18-16-43-21-25-48(26-22-43)58-13-6-8-35-63-58/h1-14,19-41H,15-18H2. The van der Waals surface area contributed by atoms with Crippen LogP contribution in [0.5, 0.6) is 0 Å². The fourth-order valence-corrected chi connectivity index (χ4v) is 9.02. The van der Waals surface area contributed by atoms with Crippen LogP contribution in [-0.4, -0.2) is 15.0 Å². The Balaban J connectivity index is 0.872. The second-order valence-corrected chi connectivity index (χ2v) is 16.7. The molecule has 0 aliphatic heterocycles. The van der Waals surface area contributed by atoms with Gasteiger partial charge in [0.25, 0.3) is 0 Å². The molecule has 0 atom stereocenters. The number of nitrogens with zero attached hydrogens (tertiary/aromatic N) is 3. The van der Waals surface area contributed by atoms with Crippen LogP contribution >= 0.6 is 0 Å². The Morgan fingerprint density at radius 3 is 1.38 bits per heavy atom. The van der Waals surface area contributed by atoms with Gasteiger partial charge >= 0.3 is 0 Å². The fraction of sp³-hybridized carbons (Fsp3) is 0.0656. The number of hydrogen-bond donors (Lipinski definition) is 0. The van der Waals surface area contributed by atoms with Crippen LogP contribution in [0.1, 0.15) is 22.3 Å². The van der Waals surface area contributed by atoms with Crippen LogP contribution in [-0.2, 0) is 25.7 Å². The Labute approximate surface area is 379 Å². The lowest BCUT2D eigenvalue weighted by Gasteiger charge is -2.15. The molecular weight excluding hydrogens is 791 g/mol. The number of fused-ring (bicyclic) bond motifs is 3. The number of hydrogen-bond acceptors (Lipinski definition) is 4. The van der Waals surface area contributed by atoms with Crippen LogP contribution in [0.25, 0.3) is 89.1 Å². The minimum atomic E-state index is 0.897. The van der Waals surface area contributed by atoms with Crippen molar-refractivity contribution in [3.8, 4) is 67.2 Å². The van der Waals surface area contributed by atoms with E-state index in [4.69, 9.17) is 9.40 Å². The molecular formula is C61H45N3O. The topological polar surface area (TPSA) is 51.8 Å². The summed E-state index contributed by atoms with van der Waals surface area (Å²) >= 11 is 0. The summed E-state index contributed by atoms with van der Waals surface area (Å²) in [6.45, 7) is 0. The minimum absolute atomic E-state index is 0.897. The molecule has 0 aliphatic carbocycles.